The normalized spacial score (nSPS) is 10.7. The third-order valence-corrected chi connectivity index (χ3v) is 1.72. The van der Waals surface area contributed by atoms with E-state index in [0.29, 0.717) is 0 Å². The molecule has 0 N–H and O–H groups in total. The van der Waals surface area contributed by atoms with Gasteiger partial charge in [-0.1, -0.05) is 0 Å². The Morgan fingerprint density at radius 3 is 3.00 bits per heavy atom. The molecule has 0 saturated heterocycles. The predicted molar refractivity (Wildman–Crippen MR) is 43.2 cm³/mol. The van der Waals surface area contributed by atoms with Crippen LogP contribution in [0.2, 0.25) is 0 Å². The van der Waals surface area contributed by atoms with Gasteiger partial charge >= 0.3 is 0 Å². The third-order valence-electron chi connectivity index (χ3n) is 1.72. The number of nitrogens with zero attached hydrogens (tertiary/aromatic N) is 3. The Hall–Kier alpha value is -1.38. The summed E-state index contributed by atoms with van der Waals surface area (Å²) in [5.41, 5.74) is 3.07. The third kappa shape index (κ3) is 0.888. The Labute approximate surface area is 64.7 Å². The highest BCUT2D eigenvalue weighted by atomic mass is 15.0. The van der Waals surface area contributed by atoms with Crippen molar-refractivity contribution in [3.05, 3.63) is 24.2 Å². The van der Waals surface area contributed by atoms with Gasteiger partial charge in [0.15, 0.2) is 5.65 Å². The number of fused-ring (bicyclic) bond motifs is 1. The van der Waals surface area contributed by atoms with E-state index in [1.165, 1.54) is 5.56 Å². The molecule has 0 aromatic carbocycles. The van der Waals surface area contributed by atoms with Gasteiger partial charge in [-0.05, 0) is 18.6 Å². The fourth-order valence-electron chi connectivity index (χ4n) is 1.11. The topological polar surface area (TPSA) is 30.7 Å². The summed E-state index contributed by atoms with van der Waals surface area (Å²) in [5, 5.41) is 0. The van der Waals surface area contributed by atoms with E-state index in [1.54, 1.807) is 6.33 Å². The van der Waals surface area contributed by atoms with Gasteiger partial charge in [0.05, 0.1) is 11.8 Å². The molecule has 0 aliphatic rings. The van der Waals surface area contributed by atoms with Crippen molar-refractivity contribution in [2.75, 3.05) is 0 Å². The summed E-state index contributed by atoms with van der Waals surface area (Å²) in [6.07, 6.45) is 3.60. The highest BCUT2D eigenvalue weighted by Crippen LogP contribution is 2.09. The molecule has 2 aromatic rings. The molecule has 0 aliphatic carbocycles. The van der Waals surface area contributed by atoms with Gasteiger partial charge in [0, 0.05) is 13.2 Å². The lowest BCUT2D eigenvalue weighted by Crippen LogP contribution is -1.85. The average molecular weight is 147 g/mol. The van der Waals surface area contributed by atoms with Gasteiger partial charge < -0.3 is 4.57 Å². The Bertz CT molecular complexity index is 389. The summed E-state index contributed by atoms with van der Waals surface area (Å²) in [7, 11) is 1.97. The van der Waals surface area contributed by atoms with Crippen molar-refractivity contribution in [3.8, 4) is 0 Å². The molecular formula is C8H9N3. The van der Waals surface area contributed by atoms with Crippen LogP contribution in [0.3, 0.4) is 0 Å². The van der Waals surface area contributed by atoms with Gasteiger partial charge in [-0.25, -0.2) is 9.97 Å². The van der Waals surface area contributed by atoms with Crippen LogP contribution in [-0.4, -0.2) is 14.5 Å². The summed E-state index contributed by atoms with van der Waals surface area (Å²) in [6, 6.07) is 2.08. The van der Waals surface area contributed by atoms with E-state index in [-0.39, 0.29) is 0 Å². The van der Waals surface area contributed by atoms with Gasteiger partial charge in [-0.3, -0.25) is 0 Å². The van der Waals surface area contributed by atoms with Crippen molar-refractivity contribution in [1.82, 2.24) is 14.5 Å². The molecule has 0 radical (unpaired) electrons. The van der Waals surface area contributed by atoms with E-state index in [4.69, 9.17) is 0 Å². The molecule has 3 nitrogen and oxygen atoms in total. The SMILES string of the molecule is Cc1cnc2ncn(C)c2c1. The zero-order chi connectivity index (χ0) is 7.84. The van der Waals surface area contributed by atoms with E-state index >= 15 is 0 Å². The zero-order valence-corrected chi connectivity index (χ0v) is 6.57. The second kappa shape index (κ2) is 2.05. The Balaban J connectivity index is 2.87. The molecule has 0 bridgehead atoms. The summed E-state index contributed by atoms with van der Waals surface area (Å²) in [6.45, 7) is 2.03. The number of hydrogen-bond donors (Lipinski definition) is 0. The maximum Gasteiger partial charge on any atom is 0.177 e. The molecule has 0 unspecified atom stereocenters. The van der Waals surface area contributed by atoms with Crippen LogP contribution >= 0.6 is 0 Å². The molecule has 2 rings (SSSR count). The first-order valence-corrected chi connectivity index (χ1v) is 3.51. The zero-order valence-electron chi connectivity index (χ0n) is 6.57. The molecule has 0 saturated carbocycles. The molecule has 3 heteroatoms. The van der Waals surface area contributed by atoms with Gasteiger partial charge in [0.2, 0.25) is 0 Å². The number of imidazole rings is 1. The van der Waals surface area contributed by atoms with Gasteiger partial charge in [-0.2, -0.15) is 0 Å². The first-order valence-electron chi connectivity index (χ1n) is 3.51. The Morgan fingerprint density at radius 1 is 1.36 bits per heavy atom. The highest BCUT2D eigenvalue weighted by Gasteiger charge is 1.98. The molecule has 0 fully saturated rings. The molecule has 2 aromatic heterocycles. The summed E-state index contributed by atoms with van der Waals surface area (Å²) in [4.78, 5) is 8.28. The maximum atomic E-state index is 4.17. The summed E-state index contributed by atoms with van der Waals surface area (Å²) < 4.78 is 1.97. The molecule has 0 amide bonds. The summed E-state index contributed by atoms with van der Waals surface area (Å²) in [5.74, 6) is 0. The van der Waals surface area contributed by atoms with E-state index in [0.717, 1.165) is 11.2 Å². The molecular weight excluding hydrogens is 138 g/mol. The second-order valence-corrected chi connectivity index (χ2v) is 2.71. The number of aromatic nitrogens is 3. The number of pyridine rings is 1. The van der Waals surface area contributed by atoms with Crippen LogP contribution in [-0.2, 0) is 7.05 Å². The van der Waals surface area contributed by atoms with Gasteiger partial charge in [0.25, 0.3) is 0 Å². The lowest BCUT2D eigenvalue weighted by atomic mass is 10.3. The predicted octanol–water partition coefficient (Wildman–Crippen LogP) is 1.28. The van der Waals surface area contributed by atoms with Crippen LogP contribution in [0.25, 0.3) is 11.2 Å². The minimum absolute atomic E-state index is 0.818. The molecule has 0 aliphatic heterocycles. The van der Waals surface area contributed by atoms with E-state index < -0.39 is 0 Å². The molecule has 11 heavy (non-hydrogen) atoms. The van der Waals surface area contributed by atoms with Crippen molar-refractivity contribution in [1.29, 1.82) is 0 Å². The minimum Gasteiger partial charge on any atom is -0.332 e. The van der Waals surface area contributed by atoms with Crippen molar-refractivity contribution < 1.29 is 0 Å². The van der Waals surface area contributed by atoms with Gasteiger partial charge in [-0.15, -0.1) is 0 Å². The minimum atomic E-state index is 0.818. The second-order valence-electron chi connectivity index (χ2n) is 2.71. The van der Waals surface area contributed by atoms with Crippen molar-refractivity contribution in [2.24, 2.45) is 7.05 Å². The van der Waals surface area contributed by atoms with Crippen LogP contribution in [0.1, 0.15) is 5.56 Å². The fourth-order valence-corrected chi connectivity index (χ4v) is 1.11. The quantitative estimate of drug-likeness (QED) is 0.562. The number of hydrogen-bond acceptors (Lipinski definition) is 2. The molecule has 56 valence electrons. The fraction of sp³-hybridized carbons (Fsp3) is 0.250. The smallest absolute Gasteiger partial charge is 0.177 e. The molecule has 2 heterocycles. The lowest BCUT2D eigenvalue weighted by molar-refractivity contribution is 0.947. The highest BCUT2D eigenvalue weighted by molar-refractivity contribution is 5.70. The van der Waals surface area contributed by atoms with Crippen LogP contribution < -0.4 is 0 Å². The summed E-state index contributed by atoms with van der Waals surface area (Å²) >= 11 is 0. The first kappa shape index (κ1) is 6.34. The monoisotopic (exact) mass is 147 g/mol. The first-order chi connectivity index (χ1) is 5.27. The van der Waals surface area contributed by atoms with Crippen LogP contribution in [0, 0.1) is 6.92 Å². The van der Waals surface area contributed by atoms with Crippen molar-refractivity contribution in [3.63, 3.8) is 0 Å². The Morgan fingerprint density at radius 2 is 2.18 bits per heavy atom. The number of rotatable bonds is 0. The van der Waals surface area contributed by atoms with Crippen LogP contribution in [0.5, 0.6) is 0 Å². The largest absolute Gasteiger partial charge is 0.332 e. The standard InChI is InChI=1S/C8H9N3/c1-6-3-7-8(9-4-6)10-5-11(7)2/h3-5H,1-2H3. The Kier molecular flexibility index (Phi) is 1.18. The molecule has 0 atom stereocenters. The van der Waals surface area contributed by atoms with E-state index in [2.05, 4.69) is 16.0 Å². The van der Waals surface area contributed by atoms with E-state index in [9.17, 15) is 0 Å². The number of aryl methyl sites for hydroxylation is 2. The lowest BCUT2D eigenvalue weighted by Gasteiger charge is -1.93. The van der Waals surface area contributed by atoms with Gasteiger partial charge in [0.1, 0.15) is 0 Å². The van der Waals surface area contributed by atoms with Crippen molar-refractivity contribution >= 4 is 11.2 Å². The van der Waals surface area contributed by atoms with Crippen molar-refractivity contribution in [2.45, 2.75) is 6.92 Å². The maximum absolute atomic E-state index is 4.17. The average Bonchev–Trinajstić information content (AvgIpc) is 2.33. The van der Waals surface area contributed by atoms with E-state index in [1.807, 2.05) is 24.7 Å². The van der Waals surface area contributed by atoms with Crippen LogP contribution in [0.15, 0.2) is 18.6 Å². The van der Waals surface area contributed by atoms with Crippen LogP contribution in [0.4, 0.5) is 0 Å². The molecule has 0 spiro atoms.